The molecule has 140 valence electrons. The van der Waals surface area contributed by atoms with Gasteiger partial charge in [0.05, 0.1) is 13.2 Å². The summed E-state index contributed by atoms with van der Waals surface area (Å²) in [6.45, 7) is 6.10. The van der Waals surface area contributed by atoms with Crippen molar-refractivity contribution >= 4 is 0 Å². The summed E-state index contributed by atoms with van der Waals surface area (Å²) in [6, 6.07) is 4.98. The van der Waals surface area contributed by atoms with Gasteiger partial charge in [0.1, 0.15) is 5.82 Å². The number of hydrogen-bond donors (Lipinski definition) is 0. The molecule has 2 aliphatic rings. The Hall–Kier alpha value is -1.83. The number of piperidine rings is 1. The Balaban J connectivity index is 1.25. The van der Waals surface area contributed by atoms with E-state index >= 15 is 0 Å². The van der Waals surface area contributed by atoms with E-state index in [9.17, 15) is 4.39 Å². The van der Waals surface area contributed by atoms with Crippen molar-refractivity contribution in [1.82, 2.24) is 15.0 Å². The smallest absolute Gasteiger partial charge is 0.227 e. The van der Waals surface area contributed by atoms with Gasteiger partial charge < -0.3 is 18.9 Å². The summed E-state index contributed by atoms with van der Waals surface area (Å²) in [5.41, 5.74) is 1.25. The van der Waals surface area contributed by atoms with Crippen molar-refractivity contribution in [2.45, 2.75) is 38.4 Å². The topological polar surface area (TPSA) is 60.6 Å². The maximum Gasteiger partial charge on any atom is 0.227 e. The monoisotopic (exact) mass is 361 g/mol. The first kappa shape index (κ1) is 17.6. The second-order valence-electron chi connectivity index (χ2n) is 7.03. The van der Waals surface area contributed by atoms with Crippen molar-refractivity contribution in [3.63, 3.8) is 0 Å². The molecule has 1 aromatic heterocycles. The molecule has 0 bridgehead atoms. The van der Waals surface area contributed by atoms with Crippen LogP contribution in [0.4, 0.5) is 4.39 Å². The van der Waals surface area contributed by atoms with E-state index in [-0.39, 0.29) is 11.6 Å². The summed E-state index contributed by atoms with van der Waals surface area (Å²) in [5, 5.41) is 3.97. The molecular weight excluding hydrogens is 337 g/mol. The van der Waals surface area contributed by atoms with E-state index in [0.29, 0.717) is 36.1 Å². The second-order valence-corrected chi connectivity index (χ2v) is 7.03. The third kappa shape index (κ3) is 3.79. The molecule has 26 heavy (non-hydrogen) atoms. The Kier molecular flexibility index (Phi) is 5.02. The normalized spacial score (nSPS) is 20.1. The maximum absolute atomic E-state index is 13.7. The van der Waals surface area contributed by atoms with Crippen LogP contribution in [0.5, 0.6) is 0 Å². The molecule has 1 spiro atoms. The van der Waals surface area contributed by atoms with Gasteiger partial charge in [-0.05, 0) is 31.5 Å². The lowest BCUT2D eigenvalue weighted by molar-refractivity contribution is -0.185. The van der Waals surface area contributed by atoms with E-state index in [1.54, 1.807) is 13.0 Å². The number of rotatable bonds is 5. The summed E-state index contributed by atoms with van der Waals surface area (Å²) in [6.07, 6.45) is 3.52. The molecule has 0 saturated carbocycles. The first-order valence-electron chi connectivity index (χ1n) is 9.23. The number of aryl methyl sites for hydroxylation is 2. The van der Waals surface area contributed by atoms with Gasteiger partial charge in [0, 0.05) is 37.9 Å². The molecule has 0 radical (unpaired) electrons. The van der Waals surface area contributed by atoms with Crippen LogP contribution in [0.15, 0.2) is 22.7 Å². The third-order valence-electron chi connectivity index (χ3n) is 5.19. The summed E-state index contributed by atoms with van der Waals surface area (Å²) < 4.78 is 30.5. The third-order valence-corrected chi connectivity index (χ3v) is 5.19. The highest BCUT2D eigenvalue weighted by Gasteiger charge is 2.39. The van der Waals surface area contributed by atoms with Gasteiger partial charge in [-0.3, -0.25) is 0 Å². The highest BCUT2D eigenvalue weighted by atomic mass is 19.1. The Bertz CT molecular complexity index is 748. The summed E-state index contributed by atoms with van der Waals surface area (Å²) in [5.74, 6) is 0.458. The quantitative estimate of drug-likeness (QED) is 0.816. The molecule has 7 heteroatoms. The molecule has 2 aliphatic heterocycles. The number of benzene rings is 1. The van der Waals surface area contributed by atoms with Crippen LogP contribution in [0.25, 0.3) is 11.4 Å². The lowest BCUT2D eigenvalue weighted by Crippen LogP contribution is -2.45. The number of likely N-dealkylation sites (tertiary alicyclic amines) is 1. The summed E-state index contributed by atoms with van der Waals surface area (Å²) in [7, 11) is 0. The number of hydrogen-bond acceptors (Lipinski definition) is 6. The highest BCUT2D eigenvalue weighted by molar-refractivity contribution is 5.54. The fourth-order valence-electron chi connectivity index (χ4n) is 3.56. The van der Waals surface area contributed by atoms with Gasteiger partial charge in [-0.25, -0.2) is 4.39 Å². The number of ether oxygens (including phenoxy) is 2. The molecule has 0 N–H and O–H groups in total. The minimum absolute atomic E-state index is 0.257. The molecule has 6 nitrogen and oxygen atoms in total. The number of halogens is 1. The molecule has 4 rings (SSSR count). The largest absolute Gasteiger partial charge is 0.347 e. The summed E-state index contributed by atoms with van der Waals surface area (Å²) >= 11 is 0. The highest BCUT2D eigenvalue weighted by Crippen LogP contribution is 2.31. The molecule has 3 heterocycles. The molecule has 2 aromatic rings. The molecule has 0 aliphatic carbocycles. The Morgan fingerprint density at radius 3 is 2.69 bits per heavy atom. The van der Waals surface area contributed by atoms with Crippen molar-refractivity contribution in [1.29, 1.82) is 0 Å². The van der Waals surface area contributed by atoms with Crippen LogP contribution in [0.1, 0.15) is 30.7 Å². The lowest BCUT2D eigenvalue weighted by Gasteiger charge is -2.37. The van der Waals surface area contributed by atoms with Crippen LogP contribution in [0, 0.1) is 12.7 Å². The SMILES string of the molecule is Cc1ccc(-c2noc(CCCN3CCC4(CC3)OCCO4)n2)cc1F. The first-order valence-corrected chi connectivity index (χ1v) is 9.23. The minimum atomic E-state index is -0.318. The van der Waals surface area contributed by atoms with E-state index < -0.39 is 0 Å². The predicted molar refractivity (Wildman–Crippen MR) is 93.1 cm³/mol. The molecule has 2 saturated heterocycles. The van der Waals surface area contributed by atoms with Crippen molar-refractivity contribution in [3.8, 4) is 11.4 Å². The molecule has 0 amide bonds. The Morgan fingerprint density at radius 2 is 1.96 bits per heavy atom. The van der Waals surface area contributed by atoms with Crippen LogP contribution >= 0.6 is 0 Å². The van der Waals surface area contributed by atoms with Gasteiger partial charge in [-0.1, -0.05) is 17.3 Å². The lowest BCUT2D eigenvalue weighted by atomic mass is 10.0. The summed E-state index contributed by atoms with van der Waals surface area (Å²) in [4.78, 5) is 6.81. The fourth-order valence-corrected chi connectivity index (χ4v) is 3.56. The van der Waals surface area contributed by atoms with Crippen LogP contribution < -0.4 is 0 Å². The zero-order valence-electron chi connectivity index (χ0n) is 15.0. The molecule has 2 fully saturated rings. The van der Waals surface area contributed by atoms with Crippen molar-refractivity contribution in [2.75, 3.05) is 32.8 Å². The van der Waals surface area contributed by atoms with Gasteiger partial charge in [-0.2, -0.15) is 4.98 Å². The van der Waals surface area contributed by atoms with Crippen LogP contribution in [-0.4, -0.2) is 53.7 Å². The van der Waals surface area contributed by atoms with Crippen molar-refractivity contribution in [3.05, 3.63) is 35.5 Å². The van der Waals surface area contributed by atoms with Crippen LogP contribution in [-0.2, 0) is 15.9 Å². The van der Waals surface area contributed by atoms with E-state index in [2.05, 4.69) is 15.0 Å². The predicted octanol–water partition coefficient (Wildman–Crippen LogP) is 2.96. The van der Waals surface area contributed by atoms with E-state index in [0.717, 1.165) is 45.3 Å². The molecule has 0 unspecified atom stereocenters. The van der Waals surface area contributed by atoms with Crippen molar-refractivity contribution in [2.24, 2.45) is 0 Å². The fraction of sp³-hybridized carbons (Fsp3) is 0.579. The Morgan fingerprint density at radius 1 is 1.19 bits per heavy atom. The Labute approximate surface area is 152 Å². The van der Waals surface area contributed by atoms with Gasteiger partial charge in [0.2, 0.25) is 11.7 Å². The second kappa shape index (κ2) is 7.42. The van der Waals surface area contributed by atoms with E-state index in [1.165, 1.54) is 6.07 Å². The molecule has 1 aromatic carbocycles. The van der Waals surface area contributed by atoms with Gasteiger partial charge in [0.15, 0.2) is 5.79 Å². The maximum atomic E-state index is 13.7. The van der Waals surface area contributed by atoms with Gasteiger partial charge in [0.25, 0.3) is 0 Å². The standard InChI is InChI=1S/C19H24FN3O3/c1-14-4-5-15(13-16(14)20)18-21-17(26-22-18)3-2-8-23-9-6-19(7-10-23)24-11-12-25-19/h4-5,13H,2-3,6-12H2,1H3. The number of aromatic nitrogens is 2. The van der Waals surface area contributed by atoms with Crippen LogP contribution in [0.3, 0.4) is 0 Å². The minimum Gasteiger partial charge on any atom is -0.347 e. The first-order chi connectivity index (χ1) is 12.6. The average molecular weight is 361 g/mol. The molecular formula is C19H24FN3O3. The zero-order valence-corrected chi connectivity index (χ0v) is 15.0. The van der Waals surface area contributed by atoms with E-state index in [4.69, 9.17) is 14.0 Å². The van der Waals surface area contributed by atoms with Gasteiger partial charge in [-0.15, -0.1) is 0 Å². The average Bonchev–Trinajstić information content (AvgIpc) is 3.29. The van der Waals surface area contributed by atoms with Crippen LogP contribution in [0.2, 0.25) is 0 Å². The van der Waals surface area contributed by atoms with Gasteiger partial charge >= 0.3 is 0 Å². The molecule has 0 atom stereocenters. The zero-order chi connectivity index (χ0) is 18.0. The van der Waals surface area contributed by atoms with E-state index in [1.807, 2.05) is 6.07 Å². The van der Waals surface area contributed by atoms with Crippen molar-refractivity contribution < 1.29 is 18.4 Å². The number of nitrogens with zero attached hydrogens (tertiary/aromatic N) is 3.